The summed E-state index contributed by atoms with van der Waals surface area (Å²) in [5, 5.41) is 8.88. The van der Waals surface area contributed by atoms with Crippen LogP contribution in [-0.2, 0) is 9.53 Å². The zero-order valence-electron chi connectivity index (χ0n) is 9.22. The molecule has 1 fully saturated rings. The van der Waals surface area contributed by atoms with Crippen LogP contribution >= 0.6 is 0 Å². The highest BCUT2D eigenvalue weighted by Gasteiger charge is 2.25. The van der Waals surface area contributed by atoms with Gasteiger partial charge in [0.05, 0.1) is 5.92 Å². The number of carbonyl (C=O) groups excluding carboxylic acids is 1. The van der Waals surface area contributed by atoms with Gasteiger partial charge in [0.25, 0.3) is 0 Å². The molecule has 16 heavy (non-hydrogen) atoms. The Labute approximate surface area is 94.7 Å². The van der Waals surface area contributed by atoms with Crippen LogP contribution in [0.5, 0.6) is 0 Å². The second-order valence-electron chi connectivity index (χ2n) is 3.82. The van der Waals surface area contributed by atoms with E-state index >= 15 is 0 Å². The van der Waals surface area contributed by atoms with E-state index in [1.165, 1.54) is 6.08 Å². The molecule has 0 radical (unpaired) electrons. The van der Waals surface area contributed by atoms with Gasteiger partial charge in [-0.15, -0.1) is 0 Å². The van der Waals surface area contributed by atoms with Crippen LogP contribution in [-0.4, -0.2) is 41.8 Å². The van der Waals surface area contributed by atoms with E-state index in [1.807, 2.05) is 0 Å². The molecule has 0 bridgehead atoms. The predicted molar refractivity (Wildman–Crippen MR) is 58.1 cm³/mol. The van der Waals surface area contributed by atoms with Crippen LogP contribution in [0.25, 0.3) is 0 Å². The first kappa shape index (κ1) is 12.5. The van der Waals surface area contributed by atoms with Crippen molar-refractivity contribution in [2.75, 3.05) is 19.7 Å². The van der Waals surface area contributed by atoms with E-state index in [4.69, 9.17) is 9.84 Å². The molecule has 1 rings (SSSR count). The van der Waals surface area contributed by atoms with Crippen LogP contribution in [0.4, 0.5) is 4.79 Å². The number of carboxylic acids is 1. The number of carboxylic acid groups (broad SMARTS) is 1. The molecule has 1 aliphatic heterocycles. The van der Waals surface area contributed by atoms with Gasteiger partial charge in [-0.05, 0) is 19.3 Å². The van der Waals surface area contributed by atoms with Crippen molar-refractivity contribution in [3.05, 3.63) is 12.7 Å². The summed E-state index contributed by atoms with van der Waals surface area (Å²) in [4.78, 5) is 23.9. The van der Waals surface area contributed by atoms with Crippen molar-refractivity contribution in [2.24, 2.45) is 5.92 Å². The first-order chi connectivity index (χ1) is 7.65. The third-order valence-corrected chi connectivity index (χ3v) is 2.66. The summed E-state index contributed by atoms with van der Waals surface area (Å²) in [6, 6.07) is 0. The van der Waals surface area contributed by atoms with Crippen LogP contribution in [0.15, 0.2) is 12.7 Å². The Morgan fingerprint density at radius 3 is 2.81 bits per heavy atom. The summed E-state index contributed by atoms with van der Waals surface area (Å²) in [6.07, 6.45) is 2.96. The molecule has 0 aliphatic carbocycles. The second kappa shape index (κ2) is 6.15. The number of hydrogen-bond donors (Lipinski definition) is 1. The lowest BCUT2D eigenvalue weighted by Crippen LogP contribution is -2.32. The molecular weight excluding hydrogens is 210 g/mol. The Bertz CT molecular complexity index is 277. The molecule has 90 valence electrons. The molecule has 1 amide bonds. The van der Waals surface area contributed by atoms with E-state index in [2.05, 4.69) is 6.58 Å². The average molecular weight is 227 g/mol. The molecule has 0 aromatic carbocycles. The molecule has 0 saturated carbocycles. The van der Waals surface area contributed by atoms with Gasteiger partial charge in [-0.25, -0.2) is 4.79 Å². The topological polar surface area (TPSA) is 66.8 Å². The lowest BCUT2D eigenvalue weighted by molar-refractivity contribution is -0.142. The van der Waals surface area contributed by atoms with Crippen molar-refractivity contribution in [2.45, 2.75) is 19.3 Å². The maximum absolute atomic E-state index is 11.5. The van der Waals surface area contributed by atoms with Gasteiger partial charge in [0.15, 0.2) is 0 Å². The highest BCUT2D eigenvalue weighted by molar-refractivity contribution is 5.71. The van der Waals surface area contributed by atoms with Crippen LogP contribution in [0.2, 0.25) is 0 Å². The number of rotatable bonds is 3. The van der Waals surface area contributed by atoms with Gasteiger partial charge >= 0.3 is 12.1 Å². The average Bonchev–Trinajstić information content (AvgIpc) is 2.51. The Morgan fingerprint density at radius 1 is 1.44 bits per heavy atom. The molecule has 1 N–H and O–H groups in total. The Morgan fingerprint density at radius 2 is 2.19 bits per heavy atom. The van der Waals surface area contributed by atoms with E-state index in [1.54, 1.807) is 4.90 Å². The van der Waals surface area contributed by atoms with Crippen LogP contribution in [0.1, 0.15) is 19.3 Å². The standard InChI is InChI=1S/C11H17NO4/c1-2-8-16-11(15)12-6-3-4-9(5-7-12)10(13)14/h2,9H,1,3-8H2,(H,13,14). The minimum absolute atomic E-state index is 0.192. The van der Waals surface area contributed by atoms with Crippen molar-refractivity contribution in [3.63, 3.8) is 0 Å². The van der Waals surface area contributed by atoms with Crippen LogP contribution in [0.3, 0.4) is 0 Å². The zero-order chi connectivity index (χ0) is 12.0. The SMILES string of the molecule is C=CCOC(=O)N1CCCC(C(=O)O)CC1. The third kappa shape index (κ3) is 3.56. The van der Waals surface area contributed by atoms with Crippen LogP contribution in [0, 0.1) is 5.92 Å². The second-order valence-corrected chi connectivity index (χ2v) is 3.82. The molecule has 1 atom stereocenters. The zero-order valence-corrected chi connectivity index (χ0v) is 9.22. The third-order valence-electron chi connectivity index (χ3n) is 2.66. The van der Waals surface area contributed by atoms with Gasteiger partial charge in [-0.3, -0.25) is 4.79 Å². The molecule has 1 heterocycles. The smallest absolute Gasteiger partial charge is 0.410 e. The van der Waals surface area contributed by atoms with Crippen LogP contribution < -0.4 is 0 Å². The quantitative estimate of drug-likeness (QED) is 0.742. The number of hydrogen-bond acceptors (Lipinski definition) is 3. The Kier molecular flexibility index (Phi) is 4.82. The maximum atomic E-state index is 11.5. The summed E-state index contributed by atoms with van der Waals surface area (Å²) in [5.74, 6) is -1.11. The van der Waals surface area contributed by atoms with Crippen molar-refractivity contribution >= 4 is 12.1 Å². The van der Waals surface area contributed by atoms with Crippen molar-refractivity contribution in [1.29, 1.82) is 0 Å². The molecule has 5 heteroatoms. The minimum Gasteiger partial charge on any atom is -0.481 e. The van der Waals surface area contributed by atoms with Crippen molar-refractivity contribution < 1.29 is 19.4 Å². The number of likely N-dealkylation sites (tertiary alicyclic amines) is 1. The highest BCUT2D eigenvalue weighted by atomic mass is 16.6. The fraction of sp³-hybridized carbons (Fsp3) is 0.636. The summed E-state index contributed by atoms with van der Waals surface area (Å²) in [5.41, 5.74) is 0. The molecule has 0 spiro atoms. The summed E-state index contributed by atoms with van der Waals surface area (Å²) < 4.78 is 4.90. The predicted octanol–water partition coefficient (Wildman–Crippen LogP) is 1.50. The number of carbonyl (C=O) groups is 2. The summed E-state index contributed by atoms with van der Waals surface area (Å²) >= 11 is 0. The van der Waals surface area contributed by atoms with Crippen molar-refractivity contribution in [3.8, 4) is 0 Å². The molecule has 0 aromatic heterocycles. The molecule has 1 saturated heterocycles. The van der Waals surface area contributed by atoms with E-state index in [-0.39, 0.29) is 18.6 Å². The fourth-order valence-electron chi connectivity index (χ4n) is 1.75. The number of amides is 1. The monoisotopic (exact) mass is 227 g/mol. The molecule has 1 aliphatic rings. The van der Waals surface area contributed by atoms with E-state index in [9.17, 15) is 9.59 Å². The lowest BCUT2D eigenvalue weighted by atomic mass is 10.0. The van der Waals surface area contributed by atoms with E-state index in [0.29, 0.717) is 32.4 Å². The first-order valence-electron chi connectivity index (χ1n) is 5.40. The summed E-state index contributed by atoms with van der Waals surface area (Å²) in [7, 11) is 0. The van der Waals surface area contributed by atoms with E-state index in [0.717, 1.165) is 0 Å². The number of aliphatic carboxylic acids is 1. The molecule has 5 nitrogen and oxygen atoms in total. The Balaban J connectivity index is 2.43. The number of nitrogens with zero attached hydrogens (tertiary/aromatic N) is 1. The van der Waals surface area contributed by atoms with Gasteiger partial charge in [0, 0.05) is 13.1 Å². The Hall–Kier alpha value is -1.52. The fourth-order valence-corrected chi connectivity index (χ4v) is 1.75. The highest BCUT2D eigenvalue weighted by Crippen LogP contribution is 2.18. The summed E-state index contributed by atoms with van der Waals surface area (Å²) in [6.45, 7) is 4.67. The molecule has 0 aromatic rings. The number of ether oxygens (including phenoxy) is 1. The van der Waals surface area contributed by atoms with Crippen molar-refractivity contribution in [1.82, 2.24) is 4.90 Å². The van der Waals surface area contributed by atoms with Gasteiger partial charge < -0.3 is 14.7 Å². The minimum atomic E-state index is -0.777. The first-order valence-corrected chi connectivity index (χ1v) is 5.40. The van der Waals surface area contributed by atoms with Gasteiger partial charge in [-0.2, -0.15) is 0 Å². The van der Waals surface area contributed by atoms with E-state index < -0.39 is 5.97 Å². The van der Waals surface area contributed by atoms with Gasteiger partial charge in [-0.1, -0.05) is 12.7 Å². The maximum Gasteiger partial charge on any atom is 0.410 e. The lowest BCUT2D eigenvalue weighted by Gasteiger charge is -2.19. The normalized spacial score (nSPS) is 21.0. The van der Waals surface area contributed by atoms with Gasteiger partial charge in [0.1, 0.15) is 6.61 Å². The van der Waals surface area contributed by atoms with Gasteiger partial charge in [0.2, 0.25) is 0 Å². The largest absolute Gasteiger partial charge is 0.481 e. The molecule has 1 unspecified atom stereocenters. The molecular formula is C11H17NO4.